The summed E-state index contributed by atoms with van der Waals surface area (Å²) in [5.41, 5.74) is 3.83. The summed E-state index contributed by atoms with van der Waals surface area (Å²) in [5.74, 6) is -0.395. The standard InChI is InChI=1S/C20H23FN4O/c1-13-7-14(2)25(24-13)12-20(5-6-20)11-22-10-16-9-19(26)17-8-15(21)3-4-18(17)23-16/h3-4,7-9,22H,5-6,10-12H2,1-2H3,(H,23,26). The van der Waals surface area contributed by atoms with E-state index < -0.39 is 5.82 Å². The molecule has 2 aromatic heterocycles. The molecular weight excluding hydrogens is 331 g/mol. The van der Waals surface area contributed by atoms with E-state index in [1.807, 2.05) is 6.92 Å². The highest BCUT2D eigenvalue weighted by Gasteiger charge is 2.42. The van der Waals surface area contributed by atoms with Crippen LogP contribution in [0.4, 0.5) is 4.39 Å². The van der Waals surface area contributed by atoms with Gasteiger partial charge in [0.15, 0.2) is 5.43 Å². The molecule has 1 aromatic carbocycles. The molecule has 3 aromatic rings. The summed E-state index contributed by atoms with van der Waals surface area (Å²) < 4.78 is 15.4. The van der Waals surface area contributed by atoms with Crippen LogP contribution in [0.25, 0.3) is 10.9 Å². The molecular formula is C20H23FN4O. The molecule has 0 saturated heterocycles. The lowest BCUT2D eigenvalue weighted by Crippen LogP contribution is -2.28. The molecule has 0 spiro atoms. The van der Waals surface area contributed by atoms with Gasteiger partial charge in [-0.3, -0.25) is 9.48 Å². The molecule has 0 atom stereocenters. The Hall–Kier alpha value is -2.47. The van der Waals surface area contributed by atoms with Crippen molar-refractivity contribution < 1.29 is 4.39 Å². The Morgan fingerprint density at radius 2 is 2.08 bits per heavy atom. The maximum absolute atomic E-state index is 13.3. The minimum Gasteiger partial charge on any atom is -0.357 e. The number of aromatic nitrogens is 3. The maximum Gasteiger partial charge on any atom is 0.189 e. The van der Waals surface area contributed by atoms with Gasteiger partial charge in [0.1, 0.15) is 5.82 Å². The number of rotatable bonds is 6. The normalized spacial score (nSPS) is 15.5. The van der Waals surface area contributed by atoms with Crippen LogP contribution in [-0.4, -0.2) is 21.3 Å². The number of nitrogens with one attached hydrogen (secondary N) is 2. The summed E-state index contributed by atoms with van der Waals surface area (Å²) in [6.45, 7) is 6.50. The van der Waals surface area contributed by atoms with Crippen molar-refractivity contribution >= 4 is 10.9 Å². The molecule has 5 nitrogen and oxygen atoms in total. The van der Waals surface area contributed by atoms with Gasteiger partial charge in [0.25, 0.3) is 0 Å². The van der Waals surface area contributed by atoms with E-state index in [0.29, 0.717) is 17.4 Å². The molecule has 1 saturated carbocycles. The van der Waals surface area contributed by atoms with E-state index in [4.69, 9.17) is 0 Å². The van der Waals surface area contributed by atoms with Crippen molar-refractivity contribution in [2.45, 2.75) is 39.8 Å². The largest absolute Gasteiger partial charge is 0.357 e. The third-order valence-electron chi connectivity index (χ3n) is 5.21. The zero-order chi connectivity index (χ0) is 18.3. The van der Waals surface area contributed by atoms with Gasteiger partial charge in [-0.2, -0.15) is 5.10 Å². The van der Waals surface area contributed by atoms with Gasteiger partial charge in [-0.15, -0.1) is 0 Å². The summed E-state index contributed by atoms with van der Waals surface area (Å²) in [6.07, 6.45) is 2.37. The van der Waals surface area contributed by atoms with Crippen molar-refractivity contribution in [3.05, 3.63) is 63.5 Å². The smallest absolute Gasteiger partial charge is 0.189 e. The van der Waals surface area contributed by atoms with Crippen LogP contribution in [0.15, 0.2) is 35.1 Å². The number of H-pyrrole nitrogens is 1. The van der Waals surface area contributed by atoms with Gasteiger partial charge in [0, 0.05) is 53.4 Å². The SMILES string of the molecule is Cc1cc(C)n(CC2(CNCc3cc(=O)c4cc(F)ccc4[nH]3)CC2)n1. The lowest BCUT2D eigenvalue weighted by molar-refractivity contribution is 0.367. The summed E-state index contributed by atoms with van der Waals surface area (Å²) in [5, 5.41) is 8.42. The molecule has 0 radical (unpaired) electrons. The fraction of sp³-hybridized carbons (Fsp3) is 0.400. The molecule has 0 bridgehead atoms. The zero-order valence-corrected chi connectivity index (χ0v) is 15.1. The third kappa shape index (κ3) is 3.42. The summed E-state index contributed by atoms with van der Waals surface area (Å²) >= 11 is 0. The quantitative estimate of drug-likeness (QED) is 0.715. The lowest BCUT2D eigenvalue weighted by Gasteiger charge is -2.17. The Labute approximate surface area is 151 Å². The summed E-state index contributed by atoms with van der Waals surface area (Å²) in [7, 11) is 0. The molecule has 1 aliphatic carbocycles. The third-order valence-corrected chi connectivity index (χ3v) is 5.21. The number of aryl methyl sites for hydroxylation is 2. The van der Waals surface area contributed by atoms with E-state index in [2.05, 4.69) is 33.1 Å². The zero-order valence-electron chi connectivity index (χ0n) is 15.1. The Morgan fingerprint density at radius 3 is 2.77 bits per heavy atom. The van der Waals surface area contributed by atoms with E-state index >= 15 is 0 Å². The number of hydrogen-bond donors (Lipinski definition) is 2. The van der Waals surface area contributed by atoms with Crippen molar-refractivity contribution in [3.63, 3.8) is 0 Å². The van der Waals surface area contributed by atoms with Crippen LogP contribution >= 0.6 is 0 Å². The molecule has 136 valence electrons. The first-order valence-electron chi connectivity index (χ1n) is 8.97. The first-order chi connectivity index (χ1) is 12.4. The van der Waals surface area contributed by atoms with Crippen molar-refractivity contribution in [1.82, 2.24) is 20.1 Å². The van der Waals surface area contributed by atoms with Crippen LogP contribution in [0.5, 0.6) is 0 Å². The van der Waals surface area contributed by atoms with Crippen LogP contribution in [0.1, 0.15) is 29.9 Å². The highest BCUT2D eigenvalue weighted by molar-refractivity contribution is 5.78. The average Bonchev–Trinajstić information content (AvgIpc) is 3.27. The Balaban J connectivity index is 1.42. The van der Waals surface area contributed by atoms with Gasteiger partial charge >= 0.3 is 0 Å². The second kappa shape index (κ2) is 6.36. The van der Waals surface area contributed by atoms with Gasteiger partial charge in [-0.25, -0.2) is 4.39 Å². The lowest BCUT2D eigenvalue weighted by atomic mass is 10.1. The number of halogens is 1. The molecule has 1 aliphatic rings. The fourth-order valence-electron chi connectivity index (χ4n) is 3.55. The van der Waals surface area contributed by atoms with Crippen molar-refractivity contribution in [1.29, 1.82) is 0 Å². The van der Waals surface area contributed by atoms with Gasteiger partial charge in [-0.05, 0) is 51.0 Å². The Morgan fingerprint density at radius 1 is 1.27 bits per heavy atom. The minimum atomic E-state index is -0.395. The topological polar surface area (TPSA) is 62.7 Å². The van der Waals surface area contributed by atoms with E-state index in [-0.39, 0.29) is 10.8 Å². The number of benzene rings is 1. The molecule has 4 rings (SSSR count). The Kier molecular flexibility index (Phi) is 4.15. The predicted molar refractivity (Wildman–Crippen MR) is 99.6 cm³/mol. The van der Waals surface area contributed by atoms with E-state index in [1.165, 1.54) is 30.7 Å². The van der Waals surface area contributed by atoms with Crippen LogP contribution in [0.3, 0.4) is 0 Å². The van der Waals surface area contributed by atoms with Crippen LogP contribution in [0.2, 0.25) is 0 Å². The second-order valence-electron chi connectivity index (χ2n) is 7.54. The Bertz CT molecular complexity index is 1020. The van der Waals surface area contributed by atoms with Crippen LogP contribution in [0, 0.1) is 25.1 Å². The van der Waals surface area contributed by atoms with Crippen LogP contribution in [-0.2, 0) is 13.1 Å². The molecule has 0 aliphatic heterocycles. The number of nitrogens with zero attached hydrogens (tertiary/aromatic N) is 2. The molecule has 1 fully saturated rings. The molecule has 2 heterocycles. The van der Waals surface area contributed by atoms with Crippen molar-refractivity contribution in [2.75, 3.05) is 6.54 Å². The highest BCUT2D eigenvalue weighted by atomic mass is 19.1. The molecule has 2 N–H and O–H groups in total. The van der Waals surface area contributed by atoms with E-state index in [0.717, 1.165) is 24.5 Å². The number of pyridine rings is 1. The van der Waals surface area contributed by atoms with Crippen LogP contribution < -0.4 is 10.7 Å². The first-order valence-corrected chi connectivity index (χ1v) is 8.97. The number of aromatic amines is 1. The highest BCUT2D eigenvalue weighted by Crippen LogP contribution is 2.46. The molecule has 0 amide bonds. The van der Waals surface area contributed by atoms with Gasteiger partial charge < -0.3 is 10.3 Å². The fourth-order valence-corrected chi connectivity index (χ4v) is 3.55. The van der Waals surface area contributed by atoms with E-state index in [1.54, 1.807) is 12.1 Å². The molecule has 26 heavy (non-hydrogen) atoms. The van der Waals surface area contributed by atoms with Crippen molar-refractivity contribution in [3.8, 4) is 0 Å². The van der Waals surface area contributed by atoms with Gasteiger partial charge in [0.2, 0.25) is 0 Å². The van der Waals surface area contributed by atoms with E-state index in [9.17, 15) is 9.18 Å². The minimum absolute atomic E-state index is 0.154. The summed E-state index contributed by atoms with van der Waals surface area (Å²) in [6, 6.07) is 7.91. The maximum atomic E-state index is 13.3. The summed E-state index contributed by atoms with van der Waals surface area (Å²) in [4.78, 5) is 15.4. The molecule has 0 unspecified atom stereocenters. The number of fused-ring (bicyclic) bond motifs is 1. The second-order valence-corrected chi connectivity index (χ2v) is 7.54. The molecule has 6 heteroatoms. The van der Waals surface area contributed by atoms with Gasteiger partial charge in [0.05, 0.1) is 5.69 Å². The van der Waals surface area contributed by atoms with Gasteiger partial charge in [-0.1, -0.05) is 0 Å². The first kappa shape index (κ1) is 17.0. The number of hydrogen-bond acceptors (Lipinski definition) is 3. The average molecular weight is 354 g/mol. The van der Waals surface area contributed by atoms with Crippen molar-refractivity contribution in [2.24, 2.45) is 5.41 Å². The monoisotopic (exact) mass is 354 g/mol. The predicted octanol–water partition coefficient (Wildman–Crippen LogP) is 3.05.